The number of nitrogens with one attached hydrogen (secondary N) is 1. The van der Waals surface area contributed by atoms with Gasteiger partial charge in [-0.05, 0) is 69.0 Å². The second-order valence-electron chi connectivity index (χ2n) is 7.69. The molecule has 0 aliphatic rings. The minimum atomic E-state index is -0.525. The lowest BCUT2D eigenvalue weighted by Gasteiger charge is -2.15. The van der Waals surface area contributed by atoms with E-state index in [1.807, 2.05) is 37.3 Å². The average molecular weight is 548 g/mol. The fraction of sp³-hybridized carbons (Fsp3) is 0.111. The predicted molar refractivity (Wildman–Crippen MR) is 142 cm³/mol. The fourth-order valence-electron chi connectivity index (χ4n) is 3.60. The number of carbonyl (C=O) groups excluding carboxylic acids is 1. The monoisotopic (exact) mass is 547 g/mol. The van der Waals surface area contributed by atoms with Gasteiger partial charge in [0.25, 0.3) is 11.6 Å². The van der Waals surface area contributed by atoms with Gasteiger partial charge in [-0.25, -0.2) is 5.43 Å². The molecule has 0 aliphatic heterocycles. The summed E-state index contributed by atoms with van der Waals surface area (Å²) in [5.74, 6) is 0.618. The van der Waals surface area contributed by atoms with Gasteiger partial charge < -0.3 is 9.47 Å². The zero-order chi connectivity index (χ0) is 25.5. The van der Waals surface area contributed by atoms with Gasteiger partial charge in [-0.1, -0.05) is 42.5 Å². The minimum absolute atomic E-state index is 0.0916. The van der Waals surface area contributed by atoms with E-state index >= 15 is 0 Å². The smallest absolute Gasteiger partial charge is 0.271 e. The predicted octanol–water partition coefficient (Wildman–Crippen LogP) is 6.25. The van der Waals surface area contributed by atoms with Crippen molar-refractivity contribution in [2.45, 2.75) is 13.5 Å². The lowest BCUT2D eigenvalue weighted by atomic mass is 10.1. The molecule has 1 N–H and O–H groups in total. The summed E-state index contributed by atoms with van der Waals surface area (Å²) >= 11 is 3.56. The third-order valence-corrected chi connectivity index (χ3v) is 5.89. The average Bonchev–Trinajstić information content (AvgIpc) is 2.88. The van der Waals surface area contributed by atoms with Crippen LogP contribution in [0.25, 0.3) is 10.8 Å². The lowest BCUT2D eigenvalue weighted by molar-refractivity contribution is -0.384. The summed E-state index contributed by atoms with van der Waals surface area (Å²) in [4.78, 5) is 22.5. The van der Waals surface area contributed by atoms with E-state index in [0.29, 0.717) is 34.7 Å². The number of benzene rings is 4. The van der Waals surface area contributed by atoms with E-state index in [4.69, 9.17) is 9.47 Å². The molecule has 4 rings (SSSR count). The Morgan fingerprint density at radius 3 is 2.56 bits per heavy atom. The summed E-state index contributed by atoms with van der Waals surface area (Å²) in [7, 11) is 0. The standard InChI is InChI=1S/C27H22BrN3O5/c1-2-35-25-15-18(16-29-30-27(32)20-10-12-22(13-11-20)31(33)34)14-24(28)26(25)36-17-21-8-5-7-19-6-3-4-9-23(19)21/h3-16H,2,17H2,1H3,(H,30,32)/b29-16-. The molecular formula is C27H22BrN3O5. The molecule has 0 aliphatic carbocycles. The van der Waals surface area contributed by atoms with Crippen molar-refractivity contribution in [1.82, 2.24) is 5.43 Å². The summed E-state index contributed by atoms with van der Waals surface area (Å²) in [6, 6.07) is 23.1. The molecule has 0 radical (unpaired) electrons. The number of hydrogen-bond acceptors (Lipinski definition) is 6. The van der Waals surface area contributed by atoms with Gasteiger partial charge in [0.2, 0.25) is 0 Å². The van der Waals surface area contributed by atoms with Gasteiger partial charge in [-0.3, -0.25) is 14.9 Å². The van der Waals surface area contributed by atoms with Crippen molar-refractivity contribution in [3.05, 3.63) is 110 Å². The first kappa shape index (κ1) is 24.9. The zero-order valence-corrected chi connectivity index (χ0v) is 20.9. The van der Waals surface area contributed by atoms with Crippen molar-refractivity contribution in [2.24, 2.45) is 5.10 Å². The van der Waals surface area contributed by atoms with E-state index in [1.165, 1.54) is 30.5 Å². The van der Waals surface area contributed by atoms with Crippen LogP contribution in [0.1, 0.15) is 28.4 Å². The molecule has 8 nitrogen and oxygen atoms in total. The van der Waals surface area contributed by atoms with Crippen LogP contribution in [0.15, 0.2) is 88.4 Å². The molecule has 0 unspecified atom stereocenters. The zero-order valence-electron chi connectivity index (χ0n) is 19.3. The fourth-order valence-corrected chi connectivity index (χ4v) is 4.17. The molecule has 1 amide bonds. The second-order valence-corrected chi connectivity index (χ2v) is 8.55. The number of nitro benzene ring substituents is 1. The summed E-state index contributed by atoms with van der Waals surface area (Å²) in [5.41, 5.74) is 4.31. The van der Waals surface area contributed by atoms with Gasteiger partial charge in [0.1, 0.15) is 6.61 Å². The number of nitro groups is 1. The number of hydrazone groups is 1. The first-order valence-corrected chi connectivity index (χ1v) is 11.9. The summed E-state index contributed by atoms with van der Waals surface area (Å²) < 4.78 is 12.6. The van der Waals surface area contributed by atoms with Crippen molar-refractivity contribution in [3.8, 4) is 11.5 Å². The third-order valence-electron chi connectivity index (χ3n) is 5.30. The molecule has 0 fully saturated rings. The first-order chi connectivity index (χ1) is 17.5. The molecule has 4 aromatic rings. The molecule has 9 heteroatoms. The third kappa shape index (κ3) is 5.87. The Morgan fingerprint density at radius 2 is 1.81 bits per heavy atom. The van der Waals surface area contributed by atoms with Crippen molar-refractivity contribution < 1.29 is 19.2 Å². The highest BCUT2D eigenvalue weighted by atomic mass is 79.9. The van der Waals surface area contributed by atoms with Gasteiger partial charge in [-0.15, -0.1) is 0 Å². The van der Waals surface area contributed by atoms with Crippen LogP contribution < -0.4 is 14.9 Å². The number of amides is 1. The van der Waals surface area contributed by atoms with Crippen molar-refractivity contribution in [2.75, 3.05) is 6.61 Å². The highest BCUT2D eigenvalue weighted by molar-refractivity contribution is 9.10. The van der Waals surface area contributed by atoms with Crippen molar-refractivity contribution in [3.63, 3.8) is 0 Å². The Hall–Kier alpha value is -4.24. The van der Waals surface area contributed by atoms with Crippen LogP contribution in [0.4, 0.5) is 5.69 Å². The number of hydrogen-bond donors (Lipinski definition) is 1. The molecule has 0 heterocycles. The normalized spacial score (nSPS) is 10.9. The molecule has 0 saturated carbocycles. The number of carbonyl (C=O) groups is 1. The van der Waals surface area contributed by atoms with Crippen molar-refractivity contribution in [1.29, 1.82) is 0 Å². The number of non-ortho nitro benzene ring substituents is 1. The van der Waals surface area contributed by atoms with Crippen LogP contribution in [0.5, 0.6) is 11.5 Å². The number of ether oxygens (including phenoxy) is 2. The topological polar surface area (TPSA) is 103 Å². The molecule has 0 aromatic heterocycles. The Labute approximate surface area is 215 Å². The van der Waals surface area contributed by atoms with Gasteiger partial charge >= 0.3 is 0 Å². The van der Waals surface area contributed by atoms with E-state index in [2.05, 4.69) is 44.7 Å². The number of fused-ring (bicyclic) bond motifs is 1. The van der Waals surface area contributed by atoms with E-state index in [9.17, 15) is 14.9 Å². The maximum absolute atomic E-state index is 12.3. The molecule has 182 valence electrons. The Morgan fingerprint density at radius 1 is 1.06 bits per heavy atom. The quantitative estimate of drug-likeness (QED) is 0.151. The SMILES string of the molecule is CCOc1cc(/C=N\NC(=O)c2ccc([N+](=O)[O-])cc2)cc(Br)c1OCc1cccc2ccccc12. The van der Waals surface area contributed by atoms with Crippen LogP contribution >= 0.6 is 15.9 Å². The molecule has 4 aromatic carbocycles. The molecule has 0 spiro atoms. The summed E-state index contributed by atoms with van der Waals surface area (Å²) in [5, 5.41) is 17.0. The van der Waals surface area contributed by atoms with E-state index < -0.39 is 10.8 Å². The van der Waals surface area contributed by atoms with Crippen LogP contribution in [0, 0.1) is 10.1 Å². The van der Waals surface area contributed by atoms with Gasteiger partial charge in [-0.2, -0.15) is 5.10 Å². The maximum Gasteiger partial charge on any atom is 0.271 e. The Balaban J connectivity index is 1.48. The van der Waals surface area contributed by atoms with Crippen molar-refractivity contribution >= 4 is 44.5 Å². The van der Waals surface area contributed by atoms with Crippen LogP contribution in [0.3, 0.4) is 0 Å². The Bertz CT molecular complexity index is 1430. The highest BCUT2D eigenvalue weighted by Gasteiger charge is 2.13. The molecule has 0 atom stereocenters. The minimum Gasteiger partial charge on any atom is -0.490 e. The number of rotatable bonds is 9. The molecule has 0 saturated heterocycles. The van der Waals surface area contributed by atoms with Crippen LogP contribution in [0.2, 0.25) is 0 Å². The summed E-state index contributed by atoms with van der Waals surface area (Å²) in [6.45, 7) is 2.68. The van der Waals surface area contributed by atoms with Crippen LogP contribution in [-0.4, -0.2) is 23.7 Å². The van der Waals surface area contributed by atoms with E-state index in [0.717, 1.165) is 16.3 Å². The first-order valence-electron chi connectivity index (χ1n) is 11.1. The van der Waals surface area contributed by atoms with Gasteiger partial charge in [0, 0.05) is 17.7 Å². The summed E-state index contributed by atoms with van der Waals surface area (Å²) in [6.07, 6.45) is 1.48. The second kappa shape index (κ2) is 11.5. The van der Waals surface area contributed by atoms with E-state index in [-0.39, 0.29) is 11.3 Å². The van der Waals surface area contributed by atoms with Crippen LogP contribution in [-0.2, 0) is 6.61 Å². The van der Waals surface area contributed by atoms with Gasteiger partial charge in [0.15, 0.2) is 11.5 Å². The molecule has 0 bridgehead atoms. The number of nitrogens with zero attached hydrogens (tertiary/aromatic N) is 2. The molecular weight excluding hydrogens is 526 g/mol. The Kier molecular flexibility index (Phi) is 7.92. The van der Waals surface area contributed by atoms with E-state index in [1.54, 1.807) is 6.07 Å². The number of halogens is 1. The lowest BCUT2D eigenvalue weighted by Crippen LogP contribution is -2.17. The highest BCUT2D eigenvalue weighted by Crippen LogP contribution is 2.37. The maximum atomic E-state index is 12.3. The molecule has 36 heavy (non-hydrogen) atoms. The largest absolute Gasteiger partial charge is 0.490 e. The van der Waals surface area contributed by atoms with Gasteiger partial charge in [0.05, 0.1) is 22.2 Å².